The smallest absolute Gasteiger partial charge is 0.384 e. The van der Waals surface area contributed by atoms with Crippen LogP contribution in [0.4, 0.5) is 13.2 Å². The second-order valence-corrected chi connectivity index (χ2v) is 6.94. The van der Waals surface area contributed by atoms with Crippen molar-refractivity contribution >= 4 is 5.91 Å². The third kappa shape index (κ3) is 4.83. The predicted octanol–water partition coefficient (Wildman–Crippen LogP) is 2.49. The van der Waals surface area contributed by atoms with Crippen molar-refractivity contribution in [1.29, 1.82) is 0 Å². The molecule has 0 bridgehead atoms. The van der Waals surface area contributed by atoms with E-state index in [0.29, 0.717) is 32.4 Å². The molecule has 4 nitrogen and oxygen atoms in total. The van der Waals surface area contributed by atoms with E-state index in [1.54, 1.807) is 7.11 Å². The molecule has 1 amide bonds. The van der Waals surface area contributed by atoms with Crippen LogP contribution in [0.5, 0.6) is 0 Å². The van der Waals surface area contributed by atoms with Crippen molar-refractivity contribution in [1.82, 2.24) is 10.6 Å². The van der Waals surface area contributed by atoms with Crippen LogP contribution in [0.3, 0.4) is 0 Å². The topological polar surface area (TPSA) is 50.4 Å². The van der Waals surface area contributed by atoms with E-state index in [9.17, 15) is 18.0 Å². The highest BCUT2D eigenvalue weighted by molar-refractivity contribution is 5.79. The summed E-state index contributed by atoms with van der Waals surface area (Å²) >= 11 is 0. The molecular weight excluding hydrogens is 309 g/mol. The second kappa shape index (κ2) is 7.83. The number of nitrogens with one attached hydrogen (secondary N) is 2. The van der Waals surface area contributed by atoms with Crippen LogP contribution < -0.4 is 10.6 Å². The van der Waals surface area contributed by atoms with Gasteiger partial charge in [0.1, 0.15) is 0 Å². The highest BCUT2D eigenvalue weighted by Gasteiger charge is 2.48. The minimum atomic E-state index is -4.29. The van der Waals surface area contributed by atoms with E-state index >= 15 is 0 Å². The average Bonchev–Trinajstić information content (AvgIpc) is 2.53. The Kier molecular flexibility index (Phi) is 6.31. The summed E-state index contributed by atoms with van der Waals surface area (Å²) in [4.78, 5) is 12.4. The number of carbonyl (C=O) groups is 1. The van der Waals surface area contributed by atoms with Crippen molar-refractivity contribution in [2.24, 2.45) is 17.3 Å². The number of ether oxygens (including phenoxy) is 1. The molecule has 0 aromatic carbocycles. The molecule has 7 heteroatoms. The molecule has 2 unspecified atom stereocenters. The zero-order chi connectivity index (χ0) is 16.9. The molecule has 0 aromatic rings. The van der Waals surface area contributed by atoms with Crippen LogP contribution in [0.2, 0.25) is 0 Å². The van der Waals surface area contributed by atoms with E-state index in [2.05, 4.69) is 10.6 Å². The third-order valence-corrected chi connectivity index (χ3v) is 5.28. The molecule has 1 saturated heterocycles. The Labute approximate surface area is 135 Å². The molecule has 0 spiro atoms. The Hall–Kier alpha value is -0.820. The minimum Gasteiger partial charge on any atom is -0.384 e. The molecule has 134 valence electrons. The van der Waals surface area contributed by atoms with Gasteiger partial charge in [-0.25, -0.2) is 0 Å². The molecule has 23 heavy (non-hydrogen) atoms. The number of hydrogen-bond donors (Lipinski definition) is 2. The van der Waals surface area contributed by atoms with E-state index in [0.717, 1.165) is 25.9 Å². The van der Waals surface area contributed by atoms with Crippen molar-refractivity contribution < 1.29 is 22.7 Å². The molecule has 1 aliphatic carbocycles. The van der Waals surface area contributed by atoms with Crippen molar-refractivity contribution in [2.75, 3.05) is 33.4 Å². The molecule has 0 radical (unpaired) electrons. The number of hydrogen-bond acceptors (Lipinski definition) is 3. The lowest BCUT2D eigenvalue weighted by molar-refractivity contribution is -0.198. The first-order valence-corrected chi connectivity index (χ1v) is 8.42. The lowest BCUT2D eigenvalue weighted by Crippen LogP contribution is -2.50. The number of halogens is 3. The Morgan fingerprint density at radius 3 is 2.52 bits per heavy atom. The minimum absolute atomic E-state index is 0.0642. The summed E-state index contributed by atoms with van der Waals surface area (Å²) in [5.41, 5.74) is -0.169. The van der Waals surface area contributed by atoms with E-state index in [1.807, 2.05) is 0 Å². The predicted molar refractivity (Wildman–Crippen MR) is 80.9 cm³/mol. The van der Waals surface area contributed by atoms with Gasteiger partial charge in [0.25, 0.3) is 0 Å². The maximum Gasteiger partial charge on any atom is 0.392 e. The van der Waals surface area contributed by atoms with Gasteiger partial charge in [0, 0.05) is 25.0 Å². The maximum atomic E-state index is 13.1. The molecule has 2 fully saturated rings. The molecule has 0 aromatic heterocycles. The van der Waals surface area contributed by atoms with Crippen LogP contribution in [-0.4, -0.2) is 45.4 Å². The molecule has 1 aliphatic heterocycles. The normalized spacial score (nSPS) is 28.3. The number of rotatable bonds is 5. The molecule has 2 atom stereocenters. The van der Waals surface area contributed by atoms with Crippen LogP contribution in [0.15, 0.2) is 0 Å². The van der Waals surface area contributed by atoms with Crippen molar-refractivity contribution in [3.8, 4) is 0 Å². The van der Waals surface area contributed by atoms with Gasteiger partial charge in [-0.1, -0.05) is 12.8 Å². The fourth-order valence-electron chi connectivity index (χ4n) is 3.88. The first-order valence-electron chi connectivity index (χ1n) is 8.42. The second-order valence-electron chi connectivity index (χ2n) is 6.94. The molecule has 2 aliphatic rings. The van der Waals surface area contributed by atoms with E-state index in [1.165, 1.54) is 0 Å². The highest BCUT2D eigenvalue weighted by atomic mass is 19.4. The Morgan fingerprint density at radius 2 is 1.91 bits per heavy atom. The molecule has 2 rings (SSSR count). The molecule has 1 saturated carbocycles. The van der Waals surface area contributed by atoms with Gasteiger partial charge in [-0.2, -0.15) is 13.2 Å². The number of piperidine rings is 1. The summed E-state index contributed by atoms with van der Waals surface area (Å²) in [6.45, 7) is 2.59. The van der Waals surface area contributed by atoms with Gasteiger partial charge in [0.05, 0.1) is 12.5 Å². The summed E-state index contributed by atoms with van der Waals surface area (Å²) in [7, 11) is 1.62. The first kappa shape index (κ1) is 18.5. The quantitative estimate of drug-likeness (QED) is 0.811. The zero-order valence-corrected chi connectivity index (χ0v) is 13.7. The summed E-state index contributed by atoms with van der Waals surface area (Å²) < 4.78 is 44.7. The van der Waals surface area contributed by atoms with Crippen molar-refractivity contribution in [2.45, 2.75) is 44.7 Å². The van der Waals surface area contributed by atoms with Crippen LogP contribution in [-0.2, 0) is 9.53 Å². The van der Waals surface area contributed by atoms with Crippen LogP contribution in [0, 0.1) is 17.3 Å². The van der Waals surface area contributed by atoms with Crippen LogP contribution in [0.25, 0.3) is 0 Å². The molecule has 1 heterocycles. The largest absolute Gasteiger partial charge is 0.392 e. The Bertz CT molecular complexity index is 390. The lowest BCUT2D eigenvalue weighted by atomic mass is 9.77. The highest BCUT2D eigenvalue weighted by Crippen LogP contribution is 2.41. The van der Waals surface area contributed by atoms with Gasteiger partial charge >= 0.3 is 6.18 Å². The van der Waals surface area contributed by atoms with Gasteiger partial charge in [-0.15, -0.1) is 0 Å². The third-order valence-electron chi connectivity index (χ3n) is 5.28. The van der Waals surface area contributed by atoms with Gasteiger partial charge in [-0.05, 0) is 38.8 Å². The lowest BCUT2D eigenvalue weighted by Gasteiger charge is -2.38. The van der Waals surface area contributed by atoms with Gasteiger partial charge in [0.15, 0.2) is 0 Å². The van der Waals surface area contributed by atoms with Crippen LogP contribution in [0.1, 0.15) is 38.5 Å². The monoisotopic (exact) mass is 336 g/mol. The Morgan fingerprint density at radius 1 is 1.26 bits per heavy atom. The summed E-state index contributed by atoms with van der Waals surface area (Å²) in [5, 5.41) is 6.06. The first-order chi connectivity index (χ1) is 10.9. The van der Waals surface area contributed by atoms with E-state index in [4.69, 9.17) is 4.74 Å². The van der Waals surface area contributed by atoms with Crippen molar-refractivity contribution in [3.63, 3.8) is 0 Å². The summed E-state index contributed by atoms with van der Waals surface area (Å²) in [6.07, 6.45) is -0.945. The van der Waals surface area contributed by atoms with Crippen molar-refractivity contribution in [3.05, 3.63) is 0 Å². The van der Waals surface area contributed by atoms with Crippen LogP contribution >= 0.6 is 0 Å². The zero-order valence-electron chi connectivity index (χ0n) is 13.7. The fraction of sp³-hybridized carbons (Fsp3) is 0.938. The van der Waals surface area contributed by atoms with E-state index < -0.39 is 23.9 Å². The van der Waals surface area contributed by atoms with Gasteiger partial charge in [-0.3, -0.25) is 4.79 Å². The summed E-state index contributed by atoms with van der Waals surface area (Å²) in [6, 6.07) is 0. The SMILES string of the molecule is COCC1(CNC(=O)C2CCCCC2C(F)(F)F)CCNCC1. The van der Waals surface area contributed by atoms with Gasteiger partial charge < -0.3 is 15.4 Å². The number of carbonyl (C=O) groups excluding carboxylic acids is 1. The number of methoxy groups -OCH3 is 1. The molecular formula is C16H27F3N2O2. The number of amides is 1. The standard InChI is InChI=1S/C16H27F3N2O2/c1-23-11-15(6-8-20-9-7-15)10-21-14(22)12-4-2-3-5-13(12)16(17,18)19/h12-13,20H,2-11H2,1H3,(H,21,22). The molecule has 2 N–H and O–H groups in total. The maximum absolute atomic E-state index is 13.1. The Balaban J connectivity index is 1.96. The van der Waals surface area contributed by atoms with E-state index in [-0.39, 0.29) is 11.8 Å². The number of alkyl halides is 3. The summed E-state index contributed by atoms with van der Waals surface area (Å²) in [5.74, 6) is -2.88. The van der Waals surface area contributed by atoms with Gasteiger partial charge in [0.2, 0.25) is 5.91 Å². The average molecular weight is 336 g/mol. The fourth-order valence-corrected chi connectivity index (χ4v) is 3.88.